The van der Waals surface area contributed by atoms with Gasteiger partial charge in [0.25, 0.3) is 5.91 Å². The van der Waals surface area contributed by atoms with Crippen molar-refractivity contribution in [3.05, 3.63) is 81.6 Å². The van der Waals surface area contributed by atoms with E-state index in [9.17, 15) is 22.8 Å². The van der Waals surface area contributed by atoms with Crippen LogP contribution < -0.4 is 10.2 Å². The lowest BCUT2D eigenvalue weighted by atomic mass is 9.92. The quantitative estimate of drug-likeness (QED) is 0.266. The van der Waals surface area contributed by atoms with E-state index in [0.717, 1.165) is 28.9 Å². The summed E-state index contributed by atoms with van der Waals surface area (Å²) < 4.78 is 40.9. The van der Waals surface area contributed by atoms with Crippen LogP contribution in [0.3, 0.4) is 0 Å². The molecule has 0 saturated carbocycles. The maximum Gasteiger partial charge on any atom is 0.406 e. The summed E-state index contributed by atoms with van der Waals surface area (Å²) in [5.41, 5.74) is 3.68. The molecule has 6 nitrogen and oxygen atoms in total. The topological polar surface area (TPSA) is 65.5 Å². The van der Waals surface area contributed by atoms with Gasteiger partial charge in [0.05, 0.1) is 10.9 Å². The predicted molar refractivity (Wildman–Crippen MR) is 158 cm³/mol. The number of nitrogens with one attached hydrogen (secondary N) is 1. The number of hydrogen-bond donors (Lipinski definition) is 1. The first-order valence-electron chi connectivity index (χ1n) is 14.1. The average Bonchev–Trinajstić information content (AvgIpc) is 3.30. The lowest BCUT2D eigenvalue weighted by Gasteiger charge is -2.39. The molecule has 2 heterocycles. The van der Waals surface area contributed by atoms with Crippen LogP contribution in [-0.4, -0.2) is 53.7 Å². The van der Waals surface area contributed by atoms with Gasteiger partial charge in [0, 0.05) is 24.3 Å². The van der Waals surface area contributed by atoms with Gasteiger partial charge in [0.2, 0.25) is 5.91 Å². The molecular weight excluding hydrogens is 588 g/mol. The fraction of sp³-hybridized carbons (Fsp3) is 0.387. The molecule has 42 heavy (non-hydrogen) atoms. The van der Waals surface area contributed by atoms with Gasteiger partial charge in [-0.1, -0.05) is 72.9 Å². The number of hydrogen-bond acceptors (Lipinski definition) is 4. The number of fused-ring (bicyclic) bond motifs is 3. The Labute approximate surface area is 252 Å². The standard InChI is InChI=1S/C31H31Cl2F3N4O2/c1-2-3-16-39(18-31(34,35)36)30(42)27-21-10-5-4-9-19(21)20-11-8-12-23(26(20)27)40-17-7-6-13-25(40)38-29(41)28-22(32)14-15-24(33)37-28/h4-5,8-12,14-15,25,27H,2-3,6-7,13,16-18H2,1H3,(H,38,41). The van der Waals surface area contributed by atoms with Gasteiger partial charge in [-0.3, -0.25) is 9.59 Å². The number of carbonyl (C=O) groups is 2. The molecule has 0 radical (unpaired) electrons. The number of pyridine rings is 1. The van der Waals surface area contributed by atoms with Crippen molar-refractivity contribution in [2.75, 3.05) is 24.5 Å². The Balaban J connectivity index is 1.55. The van der Waals surface area contributed by atoms with E-state index in [1.165, 1.54) is 12.1 Å². The highest BCUT2D eigenvalue weighted by Crippen LogP contribution is 2.50. The third-order valence-corrected chi connectivity index (χ3v) is 8.30. The van der Waals surface area contributed by atoms with Crippen molar-refractivity contribution in [1.29, 1.82) is 0 Å². The first-order valence-corrected chi connectivity index (χ1v) is 14.8. The molecule has 5 rings (SSSR count). The fourth-order valence-electron chi connectivity index (χ4n) is 5.93. The lowest BCUT2D eigenvalue weighted by Crippen LogP contribution is -2.51. The number of aromatic nitrogens is 1. The van der Waals surface area contributed by atoms with Crippen LogP contribution >= 0.6 is 23.2 Å². The van der Waals surface area contributed by atoms with Gasteiger partial charge in [-0.25, -0.2) is 4.98 Å². The lowest BCUT2D eigenvalue weighted by molar-refractivity contribution is -0.161. The van der Waals surface area contributed by atoms with Gasteiger partial charge in [-0.2, -0.15) is 13.2 Å². The molecule has 1 saturated heterocycles. The van der Waals surface area contributed by atoms with Crippen LogP contribution in [0.1, 0.15) is 66.6 Å². The first-order chi connectivity index (χ1) is 20.1. The minimum atomic E-state index is -4.53. The zero-order chi connectivity index (χ0) is 30.0. The van der Waals surface area contributed by atoms with Gasteiger partial charge in [-0.15, -0.1) is 0 Å². The van der Waals surface area contributed by atoms with E-state index in [1.807, 2.05) is 48.2 Å². The van der Waals surface area contributed by atoms with Crippen molar-refractivity contribution in [3.63, 3.8) is 0 Å². The Hall–Kier alpha value is -3.30. The van der Waals surface area contributed by atoms with E-state index < -0.39 is 36.6 Å². The van der Waals surface area contributed by atoms with E-state index in [0.29, 0.717) is 42.6 Å². The second-order valence-corrected chi connectivity index (χ2v) is 11.4. The Bertz CT molecular complexity index is 1480. The maximum absolute atomic E-state index is 14.1. The molecule has 1 fully saturated rings. The molecule has 0 spiro atoms. The summed E-state index contributed by atoms with van der Waals surface area (Å²) >= 11 is 12.3. The van der Waals surface area contributed by atoms with Gasteiger partial charge in [0.15, 0.2) is 0 Å². The van der Waals surface area contributed by atoms with Crippen LogP contribution in [0.25, 0.3) is 11.1 Å². The van der Waals surface area contributed by atoms with Crippen molar-refractivity contribution < 1.29 is 22.8 Å². The number of halogens is 5. The molecule has 2 amide bonds. The summed E-state index contributed by atoms with van der Waals surface area (Å²) in [7, 11) is 0. The van der Waals surface area contributed by atoms with E-state index in [4.69, 9.17) is 23.2 Å². The van der Waals surface area contributed by atoms with Crippen molar-refractivity contribution >= 4 is 40.7 Å². The third kappa shape index (κ3) is 6.22. The first kappa shape index (κ1) is 30.2. The number of unbranched alkanes of at least 4 members (excludes halogenated alkanes) is 1. The maximum atomic E-state index is 14.1. The summed E-state index contributed by atoms with van der Waals surface area (Å²) in [6.07, 6.45) is -1.55. The molecule has 3 aromatic rings. The SMILES string of the molecule is CCCCN(CC(F)(F)F)C(=O)C1c2ccccc2-c2cccc(N3CCCCC3NC(=O)c3nc(Cl)ccc3Cl)c21. The summed E-state index contributed by atoms with van der Waals surface area (Å²) in [6.45, 7) is 1.17. The molecular formula is C31H31Cl2F3N4O2. The summed E-state index contributed by atoms with van der Waals surface area (Å²) in [4.78, 5) is 34.4. The van der Waals surface area contributed by atoms with E-state index in [1.54, 1.807) is 6.07 Å². The van der Waals surface area contributed by atoms with Gasteiger partial charge < -0.3 is 15.1 Å². The van der Waals surface area contributed by atoms with Crippen molar-refractivity contribution in [3.8, 4) is 11.1 Å². The Kier molecular flexibility index (Phi) is 8.99. The second-order valence-electron chi connectivity index (χ2n) is 10.6. The molecule has 0 bridgehead atoms. The zero-order valence-corrected chi connectivity index (χ0v) is 24.6. The van der Waals surface area contributed by atoms with Crippen LogP contribution in [0.4, 0.5) is 18.9 Å². The number of nitrogens with zero attached hydrogens (tertiary/aromatic N) is 3. The van der Waals surface area contributed by atoms with E-state index in [-0.39, 0.29) is 22.4 Å². The fourth-order valence-corrected chi connectivity index (χ4v) is 6.27. The highest BCUT2D eigenvalue weighted by atomic mass is 35.5. The Morgan fingerprint density at radius 2 is 1.81 bits per heavy atom. The number of alkyl halides is 3. The van der Waals surface area contributed by atoms with Crippen LogP contribution in [-0.2, 0) is 4.79 Å². The molecule has 2 atom stereocenters. The predicted octanol–water partition coefficient (Wildman–Crippen LogP) is 7.44. The smallest absolute Gasteiger partial charge is 0.351 e. The molecule has 1 aromatic heterocycles. The van der Waals surface area contributed by atoms with Crippen LogP contribution in [0.2, 0.25) is 10.2 Å². The highest BCUT2D eigenvalue weighted by Gasteiger charge is 2.42. The molecule has 2 unspecified atom stereocenters. The van der Waals surface area contributed by atoms with Gasteiger partial charge >= 0.3 is 6.18 Å². The van der Waals surface area contributed by atoms with Gasteiger partial charge in [-0.05, 0) is 60.6 Å². The molecule has 2 aromatic carbocycles. The normalized spacial score (nSPS) is 17.9. The minimum absolute atomic E-state index is 0.00663. The Morgan fingerprint density at radius 3 is 2.57 bits per heavy atom. The largest absolute Gasteiger partial charge is 0.406 e. The van der Waals surface area contributed by atoms with Crippen molar-refractivity contribution in [2.24, 2.45) is 0 Å². The summed E-state index contributed by atoms with van der Waals surface area (Å²) in [5, 5.41) is 3.33. The molecule has 1 N–H and O–H groups in total. The molecule has 1 aliphatic heterocycles. The highest BCUT2D eigenvalue weighted by molar-refractivity contribution is 6.34. The number of amides is 2. The number of benzene rings is 2. The van der Waals surface area contributed by atoms with Crippen molar-refractivity contribution in [1.82, 2.24) is 15.2 Å². The third-order valence-electron chi connectivity index (χ3n) is 7.78. The average molecular weight is 620 g/mol. The summed E-state index contributed by atoms with van der Waals surface area (Å²) in [6, 6.07) is 16.0. The Morgan fingerprint density at radius 1 is 1.05 bits per heavy atom. The van der Waals surface area contributed by atoms with Crippen LogP contribution in [0.15, 0.2) is 54.6 Å². The number of carbonyl (C=O) groups excluding carboxylic acids is 2. The van der Waals surface area contributed by atoms with Crippen molar-refractivity contribution in [2.45, 2.75) is 57.3 Å². The second kappa shape index (κ2) is 12.5. The van der Waals surface area contributed by atoms with E-state index >= 15 is 0 Å². The molecule has 1 aliphatic carbocycles. The minimum Gasteiger partial charge on any atom is -0.351 e. The summed E-state index contributed by atoms with van der Waals surface area (Å²) in [5.74, 6) is -1.97. The van der Waals surface area contributed by atoms with Gasteiger partial charge in [0.1, 0.15) is 23.6 Å². The van der Waals surface area contributed by atoms with Crippen LogP contribution in [0, 0.1) is 0 Å². The number of rotatable bonds is 8. The zero-order valence-electron chi connectivity index (χ0n) is 23.1. The number of anilines is 1. The number of piperidine rings is 1. The van der Waals surface area contributed by atoms with E-state index in [2.05, 4.69) is 10.3 Å². The van der Waals surface area contributed by atoms with Crippen LogP contribution in [0.5, 0.6) is 0 Å². The monoisotopic (exact) mass is 618 g/mol. The molecule has 11 heteroatoms. The molecule has 2 aliphatic rings. The molecule has 222 valence electrons.